The van der Waals surface area contributed by atoms with Gasteiger partial charge in [-0.1, -0.05) is 12.1 Å². The summed E-state index contributed by atoms with van der Waals surface area (Å²) in [5, 5.41) is 28.3. The summed E-state index contributed by atoms with van der Waals surface area (Å²) in [6.45, 7) is 2.79. The van der Waals surface area contributed by atoms with Gasteiger partial charge in [0.2, 0.25) is 0 Å². The van der Waals surface area contributed by atoms with Crippen LogP contribution in [0.5, 0.6) is 11.5 Å². The molecule has 2 atom stereocenters. The molecule has 0 aromatic heterocycles. The lowest BCUT2D eigenvalue weighted by atomic mass is 10.1. The molecule has 25 heavy (non-hydrogen) atoms. The van der Waals surface area contributed by atoms with Crippen LogP contribution in [0.25, 0.3) is 0 Å². The molecule has 0 amide bonds. The molecule has 0 spiro atoms. The van der Waals surface area contributed by atoms with Crippen molar-refractivity contribution in [2.24, 2.45) is 0 Å². The Kier molecular flexibility index (Phi) is 6.81. The van der Waals surface area contributed by atoms with Gasteiger partial charge in [-0.3, -0.25) is 0 Å². The zero-order valence-corrected chi connectivity index (χ0v) is 14.6. The van der Waals surface area contributed by atoms with Gasteiger partial charge in [0.05, 0.1) is 11.6 Å². The van der Waals surface area contributed by atoms with Crippen LogP contribution in [0, 0.1) is 11.3 Å². The first-order valence-electron chi connectivity index (χ1n) is 8.27. The topological polar surface area (TPSA) is 76.7 Å². The summed E-state index contributed by atoms with van der Waals surface area (Å²) < 4.78 is 5.57. The van der Waals surface area contributed by atoms with Crippen molar-refractivity contribution in [1.29, 1.82) is 5.26 Å². The Labute approximate surface area is 148 Å². The highest BCUT2D eigenvalue weighted by molar-refractivity contribution is 5.34. The highest BCUT2D eigenvalue weighted by atomic mass is 16.5. The summed E-state index contributed by atoms with van der Waals surface area (Å²) in [6, 6.07) is 16.3. The third kappa shape index (κ3) is 6.11. The van der Waals surface area contributed by atoms with E-state index < -0.39 is 6.10 Å². The number of phenolic OH excluding ortho intramolecular Hbond substituents is 1. The Morgan fingerprint density at radius 2 is 1.76 bits per heavy atom. The third-order valence-electron chi connectivity index (χ3n) is 4.14. The first-order chi connectivity index (χ1) is 12.0. The maximum absolute atomic E-state index is 10.2. The predicted octanol–water partition coefficient (Wildman–Crippen LogP) is 2.57. The van der Waals surface area contributed by atoms with Gasteiger partial charge in [0.1, 0.15) is 24.2 Å². The number of likely N-dealkylation sites (N-methyl/N-ethyl adjacent to an activating group) is 1. The second kappa shape index (κ2) is 9.07. The van der Waals surface area contributed by atoms with E-state index in [1.165, 1.54) is 0 Å². The monoisotopic (exact) mass is 340 g/mol. The summed E-state index contributed by atoms with van der Waals surface area (Å²) in [7, 11) is 1.97. The fraction of sp³-hybridized carbons (Fsp3) is 0.350. The molecule has 0 saturated carbocycles. The van der Waals surface area contributed by atoms with Crippen LogP contribution >= 0.6 is 0 Å². The highest BCUT2D eigenvalue weighted by Gasteiger charge is 2.15. The van der Waals surface area contributed by atoms with E-state index in [1.54, 1.807) is 36.4 Å². The van der Waals surface area contributed by atoms with Crippen molar-refractivity contribution < 1.29 is 14.9 Å². The van der Waals surface area contributed by atoms with E-state index in [0.717, 1.165) is 12.0 Å². The van der Waals surface area contributed by atoms with Crippen LogP contribution in [0.3, 0.4) is 0 Å². The second-order valence-corrected chi connectivity index (χ2v) is 6.26. The SMILES string of the molecule is CC(Cc1ccc(O)cc1)N(C)CC(O)COc1ccc(C#N)cc1. The molecule has 0 aliphatic heterocycles. The maximum Gasteiger partial charge on any atom is 0.119 e. The van der Waals surface area contributed by atoms with Gasteiger partial charge in [0.15, 0.2) is 0 Å². The van der Waals surface area contributed by atoms with Crippen molar-refractivity contribution in [2.45, 2.75) is 25.5 Å². The maximum atomic E-state index is 10.2. The Hall–Kier alpha value is -2.55. The third-order valence-corrected chi connectivity index (χ3v) is 4.14. The molecular formula is C20H24N2O3. The molecule has 0 aliphatic carbocycles. The van der Waals surface area contributed by atoms with Crippen LogP contribution in [0.4, 0.5) is 0 Å². The minimum atomic E-state index is -0.608. The van der Waals surface area contributed by atoms with Crippen molar-refractivity contribution >= 4 is 0 Å². The molecule has 2 unspecified atom stereocenters. The van der Waals surface area contributed by atoms with Crippen molar-refractivity contribution in [3.05, 3.63) is 59.7 Å². The number of aliphatic hydroxyl groups is 1. The average Bonchev–Trinajstić information content (AvgIpc) is 2.62. The van der Waals surface area contributed by atoms with Crippen molar-refractivity contribution in [3.63, 3.8) is 0 Å². The second-order valence-electron chi connectivity index (χ2n) is 6.26. The summed E-state index contributed by atoms with van der Waals surface area (Å²) >= 11 is 0. The van der Waals surface area contributed by atoms with Gasteiger partial charge in [0.25, 0.3) is 0 Å². The van der Waals surface area contributed by atoms with E-state index >= 15 is 0 Å². The van der Waals surface area contributed by atoms with Crippen molar-refractivity contribution in [2.75, 3.05) is 20.2 Å². The van der Waals surface area contributed by atoms with E-state index in [4.69, 9.17) is 10.00 Å². The smallest absolute Gasteiger partial charge is 0.119 e. The number of benzene rings is 2. The summed E-state index contributed by atoms with van der Waals surface area (Å²) in [6.07, 6.45) is 0.225. The first-order valence-corrected chi connectivity index (χ1v) is 8.27. The number of aromatic hydroxyl groups is 1. The Bertz CT molecular complexity index is 692. The Morgan fingerprint density at radius 3 is 2.36 bits per heavy atom. The minimum absolute atomic E-state index is 0.197. The highest BCUT2D eigenvalue weighted by Crippen LogP contribution is 2.14. The molecule has 132 valence electrons. The molecule has 0 aliphatic rings. The molecule has 5 nitrogen and oxygen atoms in total. The number of nitriles is 1. The number of hydrogen-bond acceptors (Lipinski definition) is 5. The standard InChI is InChI=1S/C20H24N2O3/c1-15(11-16-3-7-18(23)8-4-16)22(2)13-19(24)14-25-20-9-5-17(12-21)6-10-20/h3-10,15,19,23-24H,11,13-14H2,1-2H3. The number of nitrogens with zero attached hydrogens (tertiary/aromatic N) is 2. The van der Waals surface area contributed by atoms with Gasteiger partial charge in [-0.05, 0) is 62.4 Å². The molecular weight excluding hydrogens is 316 g/mol. The fourth-order valence-electron chi connectivity index (χ4n) is 2.51. The molecule has 2 N–H and O–H groups in total. The minimum Gasteiger partial charge on any atom is -0.508 e. The Balaban J connectivity index is 1.77. The van der Waals surface area contributed by atoms with E-state index in [0.29, 0.717) is 17.9 Å². The molecule has 0 heterocycles. The number of hydrogen-bond donors (Lipinski definition) is 2. The number of ether oxygens (including phenoxy) is 1. The molecule has 2 aromatic rings. The van der Waals surface area contributed by atoms with Gasteiger partial charge in [-0.15, -0.1) is 0 Å². The summed E-state index contributed by atoms with van der Waals surface area (Å²) in [5.41, 5.74) is 1.72. The van der Waals surface area contributed by atoms with E-state index in [9.17, 15) is 10.2 Å². The zero-order chi connectivity index (χ0) is 18.2. The predicted molar refractivity (Wildman–Crippen MR) is 96.6 cm³/mol. The van der Waals surface area contributed by atoms with E-state index in [-0.39, 0.29) is 18.4 Å². The lowest BCUT2D eigenvalue weighted by Gasteiger charge is -2.27. The lowest BCUT2D eigenvalue weighted by molar-refractivity contribution is 0.0655. The number of phenols is 1. The molecule has 0 saturated heterocycles. The van der Waals surface area contributed by atoms with Gasteiger partial charge in [-0.2, -0.15) is 5.26 Å². The molecule has 2 rings (SSSR count). The molecule has 0 radical (unpaired) electrons. The molecule has 0 fully saturated rings. The van der Waals surface area contributed by atoms with Gasteiger partial charge < -0.3 is 19.8 Å². The normalized spacial score (nSPS) is 13.2. The quantitative estimate of drug-likeness (QED) is 0.772. The lowest BCUT2D eigenvalue weighted by Crippen LogP contribution is -2.39. The van der Waals surface area contributed by atoms with Crippen LogP contribution in [-0.4, -0.2) is 47.5 Å². The van der Waals surface area contributed by atoms with Crippen molar-refractivity contribution in [1.82, 2.24) is 4.90 Å². The van der Waals surface area contributed by atoms with Crippen molar-refractivity contribution in [3.8, 4) is 17.6 Å². The molecule has 0 bridgehead atoms. The first kappa shape index (κ1) is 18.8. The average molecular weight is 340 g/mol. The van der Waals surface area contributed by atoms with E-state index in [2.05, 4.69) is 17.9 Å². The van der Waals surface area contributed by atoms with Gasteiger partial charge in [-0.25, -0.2) is 0 Å². The number of rotatable bonds is 8. The van der Waals surface area contributed by atoms with Crippen LogP contribution in [-0.2, 0) is 6.42 Å². The van der Waals surface area contributed by atoms with Crippen LogP contribution < -0.4 is 4.74 Å². The Morgan fingerprint density at radius 1 is 1.12 bits per heavy atom. The van der Waals surface area contributed by atoms with E-state index in [1.807, 2.05) is 19.2 Å². The van der Waals surface area contributed by atoms with Crippen LogP contribution in [0.1, 0.15) is 18.1 Å². The largest absolute Gasteiger partial charge is 0.508 e. The molecule has 5 heteroatoms. The number of aliphatic hydroxyl groups excluding tert-OH is 1. The molecule has 2 aromatic carbocycles. The van der Waals surface area contributed by atoms with Gasteiger partial charge in [0, 0.05) is 12.6 Å². The summed E-state index contributed by atoms with van der Waals surface area (Å²) in [4.78, 5) is 2.08. The van der Waals surface area contributed by atoms with Crippen LogP contribution in [0.2, 0.25) is 0 Å². The van der Waals surface area contributed by atoms with Gasteiger partial charge >= 0.3 is 0 Å². The summed E-state index contributed by atoms with van der Waals surface area (Å²) in [5.74, 6) is 0.901. The fourth-order valence-corrected chi connectivity index (χ4v) is 2.51. The van der Waals surface area contributed by atoms with Crippen LogP contribution in [0.15, 0.2) is 48.5 Å². The zero-order valence-electron chi connectivity index (χ0n) is 14.6.